The van der Waals surface area contributed by atoms with Crippen LogP contribution in [0.5, 0.6) is 0 Å². The van der Waals surface area contributed by atoms with Gasteiger partial charge in [-0.05, 0) is 24.6 Å². The fourth-order valence-electron chi connectivity index (χ4n) is 2.59. The Morgan fingerprint density at radius 1 is 1.50 bits per heavy atom. The zero-order valence-electron chi connectivity index (χ0n) is 11.9. The first-order chi connectivity index (χ1) is 10.6. The molecule has 7 nitrogen and oxygen atoms in total. The molecule has 0 saturated carbocycles. The normalized spacial score (nSPS) is 17.7. The Kier molecular flexibility index (Phi) is 3.89. The van der Waals surface area contributed by atoms with Crippen LogP contribution in [0.2, 0.25) is 5.02 Å². The second-order valence-corrected chi connectivity index (χ2v) is 5.57. The molecule has 1 atom stereocenters. The summed E-state index contributed by atoms with van der Waals surface area (Å²) in [6.45, 7) is 0.992. The van der Waals surface area contributed by atoms with E-state index < -0.39 is 0 Å². The maximum absolute atomic E-state index is 12.4. The summed E-state index contributed by atoms with van der Waals surface area (Å²) in [5.41, 5.74) is 1.05. The van der Waals surface area contributed by atoms with Crippen LogP contribution in [-0.4, -0.2) is 53.3 Å². The average molecular weight is 323 g/mol. The molecule has 0 radical (unpaired) electrons. The number of rotatable bonds is 2. The highest BCUT2D eigenvalue weighted by Crippen LogP contribution is 2.21. The monoisotopic (exact) mass is 322 g/mol. The van der Waals surface area contributed by atoms with Gasteiger partial charge in [0.15, 0.2) is 5.69 Å². The molecule has 22 heavy (non-hydrogen) atoms. The van der Waals surface area contributed by atoms with Crippen LogP contribution in [0.3, 0.4) is 0 Å². The second-order valence-electron chi connectivity index (χ2n) is 5.14. The molecule has 1 aromatic carbocycles. The number of aromatic amines is 1. The first kappa shape index (κ1) is 14.6. The molecule has 1 aliphatic rings. The Hall–Kier alpha value is -2.28. The van der Waals surface area contributed by atoms with Crippen molar-refractivity contribution in [2.24, 2.45) is 0 Å². The van der Waals surface area contributed by atoms with Crippen molar-refractivity contribution in [3.8, 4) is 0 Å². The molecule has 2 aromatic rings. The zero-order chi connectivity index (χ0) is 15.7. The lowest BCUT2D eigenvalue weighted by molar-refractivity contribution is 0.0930. The molecule has 1 saturated heterocycles. The van der Waals surface area contributed by atoms with E-state index in [0.29, 0.717) is 35.6 Å². The van der Waals surface area contributed by atoms with Crippen LogP contribution in [0.1, 0.15) is 16.9 Å². The molecule has 2 N–H and O–H groups in total. The number of hydrogen-bond acceptors (Lipinski definition) is 4. The van der Waals surface area contributed by atoms with Gasteiger partial charge in [0, 0.05) is 29.5 Å². The fraction of sp³-hybridized carbons (Fsp3) is 0.357. The van der Waals surface area contributed by atoms with Crippen LogP contribution in [0.25, 0.3) is 10.9 Å². The van der Waals surface area contributed by atoms with Crippen LogP contribution in [0, 0.1) is 0 Å². The third kappa shape index (κ3) is 2.71. The van der Waals surface area contributed by atoms with Gasteiger partial charge in [0.1, 0.15) is 0 Å². The van der Waals surface area contributed by atoms with Crippen LogP contribution in [0.15, 0.2) is 18.2 Å². The number of methoxy groups -OCH3 is 1. The maximum Gasteiger partial charge on any atom is 0.409 e. The number of H-pyrrole nitrogens is 1. The standard InChI is InChI=1S/C14H15ClN4O3/c1-22-14(21)19-5-4-9(7-19)16-13(20)12-10-6-8(15)2-3-11(10)17-18-12/h2-3,6,9H,4-5,7H2,1H3,(H,16,20)(H,17,18). The van der Waals surface area contributed by atoms with Gasteiger partial charge in [-0.1, -0.05) is 11.6 Å². The molecule has 116 valence electrons. The second kappa shape index (κ2) is 5.84. The van der Waals surface area contributed by atoms with Gasteiger partial charge in [-0.3, -0.25) is 9.89 Å². The molecule has 1 aromatic heterocycles. The van der Waals surface area contributed by atoms with E-state index in [1.807, 2.05) is 0 Å². The highest BCUT2D eigenvalue weighted by atomic mass is 35.5. The average Bonchev–Trinajstić information content (AvgIpc) is 3.12. The Morgan fingerprint density at radius 2 is 2.32 bits per heavy atom. The summed E-state index contributed by atoms with van der Waals surface area (Å²) in [4.78, 5) is 25.4. The molecule has 2 heterocycles. The van der Waals surface area contributed by atoms with Gasteiger partial charge in [-0.25, -0.2) is 4.79 Å². The Morgan fingerprint density at radius 3 is 3.09 bits per heavy atom. The molecule has 1 aliphatic heterocycles. The summed E-state index contributed by atoms with van der Waals surface area (Å²) >= 11 is 5.96. The summed E-state index contributed by atoms with van der Waals surface area (Å²) in [7, 11) is 1.34. The van der Waals surface area contributed by atoms with Gasteiger partial charge in [-0.2, -0.15) is 5.10 Å². The molecule has 0 bridgehead atoms. The van der Waals surface area contributed by atoms with Crippen molar-refractivity contribution in [3.05, 3.63) is 28.9 Å². The van der Waals surface area contributed by atoms with E-state index in [-0.39, 0.29) is 18.0 Å². The van der Waals surface area contributed by atoms with Crippen molar-refractivity contribution in [2.45, 2.75) is 12.5 Å². The smallest absolute Gasteiger partial charge is 0.409 e. The Bertz CT molecular complexity index is 730. The molecule has 0 spiro atoms. The van der Waals surface area contributed by atoms with Crippen molar-refractivity contribution < 1.29 is 14.3 Å². The SMILES string of the molecule is COC(=O)N1CCC(NC(=O)c2n[nH]c3ccc(Cl)cc23)C1. The number of carbonyl (C=O) groups is 2. The predicted molar refractivity (Wildman–Crippen MR) is 81.0 cm³/mol. The lowest BCUT2D eigenvalue weighted by Gasteiger charge is -2.15. The molecular weight excluding hydrogens is 308 g/mol. The van der Waals surface area contributed by atoms with Crippen LogP contribution in [-0.2, 0) is 4.74 Å². The van der Waals surface area contributed by atoms with Gasteiger partial charge in [0.05, 0.1) is 12.6 Å². The van der Waals surface area contributed by atoms with E-state index in [9.17, 15) is 9.59 Å². The van der Waals surface area contributed by atoms with Crippen molar-refractivity contribution in [3.63, 3.8) is 0 Å². The topological polar surface area (TPSA) is 87.3 Å². The molecular formula is C14H15ClN4O3. The van der Waals surface area contributed by atoms with Crippen LogP contribution < -0.4 is 5.32 Å². The number of carbonyl (C=O) groups excluding carboxylic acids is 2. The van der Waals surface area contributed by atoms with Gasteiger partial charge < -0.3 is 15.0 Å². The molecule has 8 heteroatoms. The summed E-state index contributed by atoms with van der Waals surface area (Å²) < 4.78 is 4.67. The van der Waals surface area contributed by atoms with Crippen molar-refractivity contribution in [1.29, 1.82) is 0 Å². The third-order valence-corrected chi connectivity index (χ3v) is 3.93. The van der Waals surface area contributed by atoms with Crippen LogP contribution >= 0.6 is 11.6 Å². The first-order valence-electron chi connectivity index (χ1n) is 6.86. The van der Waals surface area contributed by atoms with Gasteiger partial charge in [-0.15, -0.1) is 0 Å². The summed E-state index contributed by atoms with van der Waals surface area (Å²) in [5.74, 6) is -0.287. The Labute approximate surface area is 131 Å². The summed E-state index contributed by atoms with van der Waals surface area (Å²) in [6.07, 6.45) is 0.304. The minimum atomic E-state index is -0.381. The summed E-state index contributed by atoms with van der Waals surface area (Å²) in [6, 6.07) is 5.09. The summed E-state index contributed by atoms with van der Waals surface area (Å²) in [5, 5.41) is 11.0. The zero-order valence-corrected chi connectivity index (χ0v) is 12.7. The van der Waals surface area contributed by atoms with E-state index in [4.69, 9.17) is 11.6 Å². The van der Waals surface area contributed by atoms with E-state index in [2.05, 4.69) is 20.3 Å². The number of nitrogens with zero attached hydrogens (tertiary/aromatic N) is 2. The molecule has 0 aliphatic carbocycles. The molecule has 3 rings (SSSR count). The minimum absolute atomic E-state index is 0.113. The van der Waals surface area contributed by atoms with Gasteiger partial charge in [0.25, 0.3) is 5.91 Å². The number of benzene rings is 1. The first-order valence-corrected chi connectivity index (χ1v) is 7.23. The number of aromatic nitrogens is 2. The highest BCUT2D eigenvalue weighted by molar-refractivity contribution is 6.31. The van der Waals surface area contributed by atoms with Crippen molar-refractivity contribution >= 4 is 34.5 Å². The largest absolute Gasteiger partial charge is 0.453 e. The van der Waals surface area contributed by atoms with E-state index >= 15 is 0 Å². The number of halogens is 1. The van der Waals surface area contributed by atoms with E-state index in [1.54, 1.807) is 23.1 Å². The van der Waals surface area contributed by atoms with E-state index in [0.717, 1.165) is 5.52 Å². The number of fused-ring (bicyclic) bond motifs is 1. The minimum Gasteiger partial charge on any atom is -0.453 e. The predicted octanol–water partition coefficient (Wildman–Crippen LogP) is 1.79. The van der Waals surface area contributed by atoms with Crippen LogP contribution in [0.4, 0.5) is 4.79 Å². The quantitative estimate of drug-likeness (QED) is 0.882. The number of hydrogen-bond donors (Lipinski definition) is 2. The van der Waals surface area contributed by atoms with E-state index in [1.165, 1.54) is 7.11 Å². The molecule has 1 unspecified atom stereocenters. The Balaban J connectivity index is 1.72. The third-order valence-electron chi connectivity index (χ3n) is 3.70. The fourth-order valence-corrected chi connectivity index (χ4v) is 2.76. The van der Waals surface area contributed by atoms with Gasteiger partial charge >= 0.3 is 6.09 Å². The van der Waals surface area contributed by atoms with Crippen molar-refractivity contribution in [1.82, 2.24) is 20.4 Å². The lowest BCUT2D eigenvalue weighted by atomic mass is 10.2. The molecule has 1 fully saturated rings. The number of likely N-dealkylation sites (tertiary alicyclic amines) is 1. The number of nitrogens with one attached hydrogen (secondary N) is 2. The molecule has 2 amide bonds. The highest BCUT2D eigenvalue weighted by Gasteiger charge is 2.28. The van der Waals surface area contributed by atoms with Gasteiger partial charge in [0.2, 0.25) is 0 Å². The lowest BCUT2D eigenvalue weighted by Crippen LogP contribution is -2.38. The number of amides is 2. The maximum atomic E-state index is 12.4. The van der Waals surface area contributed by atoms with Crippen molar-refractivity contribution in [2.75, 3.05) is 20.2 Å². The number of ether oxygens (including phenoxy) is 1.